The summed E-state index contributed by atoms with van der Waals surface area (Å²) in [6.45, 7) is 9.23. The van der Waals surface area contributed by atoms with Crippen LogP contribution in [0.25, 0.3) is 0 Å². The van der Waals surface area contributed by atoms with Crippen LogP contribution in [0, 0.1) is 11.8 Å². The molecule has 0 bridgehead atoms. The SMILES string of the molecule is CCOC(=O)C(C=C(CCOCc1ccccc1)C(C(C)C)(C(C)C)P(=O)(O)O)NC=O. The molecule has 1 aromatic rings. The molecule has 1 unspecified atom stereocenters. The number of carbonyl (C=O) groups excluding carboxylic acids is 2. The van der Waals surface area contributed by atoms with Gasteiger partial charge in [-0.1, -0.05) is 69.7 Å². The van der Waals surface area contributed by atoms with Crippen LogP contribution in [0.4, 0.5) is 0 Å². The Bertz CT molecular complexity index is 794. The molecule has 1 amide bonds. The molecule has 180 valence electrons. The van der Waals surface area contributed by atoms with Gasteiger partial charge in [0, 0.05) is 0 Å². The summed E-state index contributed by atoms with van der Waals surface area (Å²) in [7, 11) is -4.69. The third kappa shape index (κ3) is 7.01. The molecule has 0 aliphatic rings. The molecule has 1 rings (SSSR count). The molecule has 8 nitrogen and oxygen atoms in total. The molecule has 1 aromatic carbocycles. The van der Waals surface area contributed by atoms with Gasteiger partial charge in [-0.2, -0.15) is 0 Å². The zero-order valence-corrected chi connectivity index (χ0v) is 20.4. The molecule has 0 saturated carbocycles. The zero-order chi connectivity index (χ0) is 24.4. The van der Waals surface area contributed by atoms with Gasteiger partial charge < -0.3 is 24.6 Å². The summed E-state index contributed by atoms with van der Waals surface area (Å²) in [5, 5.41) is 0.847. The first-order chi connectivity index (χ1) is 15.0. The number of nitrogens with one attached hydrogen (secondary N) is 1. The van der Waals surface area contributed by atoms with E-state index < -0.39 is 36.6 Å². The quantitative estimate of drug-likeness (QED) is 0.125. The largest absolute Gasteiger partial charge is 0.464 e. The van der Waals surface area contributed by atoms with Crippen LogP contribution in [0.5, 0.6) is 0 Å². The average molecular weight is 470 g/mol. The molecule has 0 aliphatic carbocycles. The van der Waals surface area contributed by atoms with Crippen molar-refractivity contribution in [1.82, 2.24) is 5.32 Å². The molecular weight excluding hydrogens is 433 g/mol. The van der Waals surface area contributed by atoms with Crippen LogP contribution in [0.1, 0.15) is 46.6 Å². The van der Waals surface area contributed by atoms with Gasteiger partial charge in [-0.15, -0.1) is 0 Å². The predicted octanol–water partition coefficient (Wildman–Crippen LogP) is 3.43. The van der Waals surface area contributed by atoms with E-state index in [1.807, 2.05) is 30.3 Å². The van der Waals surface area contributed by atoms with Crippen molar-refractivity contribution in [3.8, 4) is 0 Å². The van der Waals surface area contributed by atoms with Gasteiger partial charge in [0.1, 0.15) is 6.04 Å². The molecule has 0 saturated heterocycles. The number of benzene rings is 1. The molecule has 3 N–H and O–H groups in total. The first kappa shape index (κ1) is 28.0. The Hall–Kier alpha value is -1.99. The lowest BCUT2D eigenvalue weighted by atomic mass is 9.76. The summed E-state index contributed by atoms with van der Waals surface area (Å²) in [4.78, 5) is 44.5. The maximum absolute atomic E-state index is 12.9. The van der Waals surface area contributed by atoms with Gasteiger partial charge in [-0.3, -0.25) is 9.36 Å². The summed E-state index contributed by atoms with van der Waals surface area (Å²) >= 11 is 0. The van der Waals surface area contributed by atoms with E-state index in [9.17, 15) is 23.9 Å². The highest BCUT2D eigenvalue weighted by atomic mass is 31.2. The van der Waals surface area contributed by atoms with E-state index in [-0.39, 0.29) is 19.6 Å². The van der Waals surface area contributed by atoms with Crippen molar-refractivity contribution < 1.29 is 33.4 Å². The van der Waals surface area contributed by atoms with Crippen LogP contribution in [0.3, 0.4) is 0 Å². The Balaban J connectivity index is 3.37. The van der Waals surface area contributed by atoms with Crippen LogP contribution in [0.2, 0.25) is 0 Å². The molecule has 0 radical (unpaired) electrons. The van der Waals surface area contributed by atoms with Crippen LogP contribution >= 0.6 is 7.60 Å². The molecule has 0 aliphatic heterocycles. The lowest BCUT2D eigenvalue weighted by Gasteiger charge is -2.44. The molecule has 32 heavy (non-hydrogen) atoms. The molecule has 9 heteroatoms. The molecular formula is C23H36NO7P. The number of hydrogen-bond donors (Lipinski definition) is 3. The van der Waals surface area contributed by atoms with Crippen LogP contribution < -0.4 is 5.32 Å². The van der Waals surface area contributed by atoms with Gasteiger partial charge in [-0.25, -0.2) is 4.79 Å². The summed E-state index contributed by atoms with van der Waals surface area (Å²) in [6, 6.07) is 8.37. The number of carbonyl (C=O) groups is 2. The molecule has 0 aromatic heterocycles. The summed E-state index contributed by atoms with van der Waals surface area (Å²) in [5.41, 5.74) is 1.33. The standard InChI is InChI=1S/C23H36NO7P/c1-6-31-22(26)21(24-16-25)14-20(12-13-30-15-19-10-8-7-9-11-19)23(17(2)3,18(4)5)32(27,28)29/h7-11,14,16-18,21H,6,12-13,15H2,1-5H3,(H,24,25)(H2,27,28,29). The van der Waals surface area contributed by atoms with E-state index in [0.29, 0.717) is 18.6 Å². The van der Waals surface area contributed by atoms with Crippen molar-refractivity contribution in [2.75, 3.05) is 13.2 Å². The van der Waals surface area contributed by atoms with E-state index >= 15 is 0 Å². The fourth-order valence-corrected chi connectivity index (χ4v) is 6.23. The summed E-state index contributed by atoms with van der Waals surface area (Å²) in [5.74, 6) is -1.61. The second-order valence-corrected chi connectivity index (χ2v) is 10.0. The number of ether oxygens (including phenoxy) is 2. The minimum absolute atomic E-state index is 0.108. The first-order valence-corrected chi connectivity index (χ1v) is 12.4. The summed E-state index contributed by atoms with van der Waals surface area (Å²) < 4.78 is 23.7. The highest BCUT2D eigenvalue weighted by Crippen LogP contribution is 2.62. The Morgan fingerprint density at radius 3 is 2.22 bits per heavy atom. The number of esters is 1. The van der Waals surface area contributed by atoms with Crippen molar-refractivity contribution in [2.45, 2.75) is 58.8 Å². The van der Waals surface area contributed by atoms with Crippen molar-refractivity contribution in [1.29, 1.82) is 0 Å². The Labute approximate surface area is 190 Å². The van der Waals surface area contributed by atoms with Crippen LogP contribution in [0.15, 0.2) is 42.0 Å². The summed E-state index contributed by atoms with van der Waals surface area (Å²) in [6.07, 6.45) is 1.95. The third-order valence-electron chi connectivity index (χ3n) is 5.54. The zero-order valence-electron chi connectivity index (χ0n) is 19.5. The topological polar surface area (TPSA) is 122 Å². The van der Waals surface area contributed by atoms with Gasteiger partial charge in [-0.05, 0) is 30.7 Å². The second-order valence-electron chi connectivity index (χ2n) is 8.17. The predicted molar refractivity (Wildman–Crippen MR) is 123 cm³/mol. The highest BCUT2D eigenvalue weighted by Gasteiger charge is 2.54. The lowest BCUT2D eigenvalue weighted by molar-refractivity contribution is -0.145. The maximum Gasteiger partial charge on any atom is 0.336 e. The van der Waals surface area contributed by atoms with Gasteiger partial charge >= 0.3 is 13.6 Å². The van der Waals surface area contributed by atoms with Crippen molar-refractivity contribution in [3.05, 3.63) is 47.5 Å². The number of hydrogen-bond acceptors (Lipinski definition) is 5. The van der Waals surface area contributed by atoms with Gasteiger partial charge in [0.2, 0.25) is 6.41 Å². The molecule has 1 atom stereocenters. The number of rotatable bonds is 14. The maximum atomic E-state index is 12.9. The Morgan fingerprint density at radius 2 is 1.75 bits per heavy atom. The minimum Gasteiger partial charge on any atom is -0.464 e. The van der Waals surface area contributed by atoms with Gasteiger partial charge in [0.05, 0.1) is 25.0 Å². The average Bonchev–Trinajstić information content (AvgIpc) is 2.70. The highest BCUT2D eigenvalue weighted by molar-refractivity contribution is 7.54. The lowest BCUT2D eigenvalue weighted by Crippen LogP contribution is -2.45. The monoisotopic (exact) mass is 469 g/mol. The van der Waals surface area contributed by atoms with Crippen LogP contribution in [-0.2, 0) is 30.2 Å². The third-order valence-corrected chi connectivity index (χ3v) is 7.82. The van der Waals surface area contributed by atoms with Gasteiger partial charge in [0.25, 0.3) is 0 Å². The normalized spacial score (nSPS) is 13.8. The fourth-order valence-electron chi connectivity index (χ4n) is 4.32. The fraction of sp³-hybridized carbons (Fsp3) is 0.565. The van der Waals surface area contributed by atoms with E-state index in [0.717, 1.165) is 5.56 Å². The van der Waals surface area contributed by atoms with Crippen molar-refractivity contribution >= 4 is 20.0 Å². The number of amides is 1. The van der Waals surface area contributed by atoms with E-state index in [1.54, 1.807) is 34.6 Å². The minimum atomic E-state index is -4.69. The van der Waals surface area contributed by atoms with Crippen LogP contribution in [-0.4, -0.2) is 46.6 Å². The van der Waals surface area contributed by atoms with Crippen molar-refractivity contribution in [3.63, 3.8) is 0 Å². The van der Waals surface area contributed by atoms with E-state index in [4.69, 9.17) is 9.47 Å². The van der Waals surface area contributed by atoms with E-state index in [1.165, 1.54) is 6.08 Å². The van der Waals surface area contributed by atoms with E-state index in [2.05, 4.69) is 5.32 Å². The molecule has 0 heterocycles. The van der Waals surface area contributed by atoms with Crippen molar-refractivity contribution in [2.24, 2.45) is 11.8 Å². The van der Waals surface area contributed by atoms with Gasteiger partial charge in [0.15, 0.2) is 0 Å². The molecule has 0 fully saturated rings. The Kier molecular flexibility index (Phi) is 11.3. The second kappa shape index (κ2) is 12.9. The Morgan fingerprint density at radius 1 is 1.16 bits per heavy atom. The smallest absolute Gasteiger partial charge is 0.336 e. The first-order valence-electron chi connectivity index (χ1n) is 10.8. The molecule has 0 spiro atoms.